The van der Waals surface area contributed by atoms with Gasteiger partial charge in [-0.2, -0.15) is 13.2 Å². The number of carbonyl (C=O) groups excluding carboxylic acids is 1. The highest BCUT2D eigenvalue weighted by atomic mass is 32.1. The van der Waals surface area contributed by atoms with Crippen LogP contribution in [0.1, 0.15) is 37.7 Å². The van der Waals surface area contributed by atoms with E-state index in [1.54, 1.807) is 0 Å². The van der Waals surface area contributed by atoms with Gasteiger partial charge in [0, 0.05) is 23.5 Å². The molecular weight excluding hydrogens is 323 g/mol. The van der Waals surface area contributed by atoms with E-state index in [0.29, 0.717) is 0 Å². The van der Waals surface area contributed by atoms with Crippen molar-refractivity contribution >= 4 is 23.3 Å². The van der Waals surface area contributed by atoms with Crippen LogP contribution < -0.4 is 10.6 Å². The van der Waals surface area contributed by atoms with E-state index in [0.717, 1.165) is 11.3 Å². The lowest BCUT2D eigenvalue weighted by Crippen LogP contribution is -2.51. The number of carbonyl (C=O) groups is 2. The maximum atomic E-state index is 13.0. The number of thiazole rings is 1. The second-order valence-corrected chi connectivity index (χ2v) is 6.15. The molecule has 124 valence electrons. The number of nitrogens with zero attached hydrogens (tertiary/aromatic N) is 1. The lowest BCUT2D eigenvalue weighted by molar-refractivity contribution is -0.155. The third kappa shape index (κ3) is 5.88. The fourth-order valence-electron chi connectivity index (χ4n) is 1.62. The maximum Gasteiger partial charge on any atom is 0.415 e. The van der Waals surface area contributed by atoms with Crippen molar-refractivity contribution in [1.82, 2.24) is 15.6 Å². The minimum atomic E-state index is -4.68. The van der Waals surface area contributed by atoms with Gasteiger partial charge in [0.2, 0.25) is 0 Å². The fourth-order valence-corrected chi connectivity index (χ4v) is 2.33. The zero-order chi connectivity index (χ0) is 17.0. The predicted octanol–water partition coefficient (Wildman–Crippen LogP) is 2.69. The van der Waals surface area contributed by atoms with Gasteiger partial charge in [-0.3, -0.25) is 4.79 Å². The van der Waals surface area contributed by atoms with E-state index in [2.05, 4.69) is 10.3 Å². The minimum absolute atomic E-state index is 0.0870. The van der Waals surface area contributed by atoms with Gasteiger partial charge in [-0.05, 0) is 20.3 Å². The summed E-state index contributed by atoms with van der Waals surface area (Å²) in [4.78, 5) is 25.8. The summed E-state index contributed by atoms with van der Waals surface area (Å²) in [5, 5.41) is 13.9. The molecule has 0 radical (unpaired) electrons. The number of carboxylic acids is 1. The third-order valence-electron chi connectivity index (χ3n) is 2.72. The van der Waals surface area contributed by atoms with Crippen molar-refractivity contribution in [3.05, 3.63) is 16.6 Å². The Labute approximate surface area is 128 Å². The fraction of sp³-hybridized carbons (Fsp3) is 0.583. The SMILES string of the molecule is CC(C)(CCC(=O)O)NC(=O)NC(c1nccs1)C(F)(F)F. The average molecular weight is 339 g/mol. The second-order valence-electron chi connectivity index (χ2n) is 5.22. The van der Waals surface area contributed by atoms with Gasteiger partial charge in [0.15, 0.2) is 6.04 Å². The maximum absolute atomic E-state index is 13.0. The molecule has 0 bridgehead atoms. The standard InChI is InChI=1S/C12H16F3N3O3S/c1-11(2,4-3-7(19)20)18-10(21)17-8(12(13,14)15)9-16-5-6-22-9/h5-6,8H,3-4H2,1-2H3,(H,19,20)(H2,17,18,21). The number of carboxylic acid groups (broad SMARTS) is 1. The second kappa shape index (κ2) is 6.95. The molecule has 0 aliphatic rings. The predicted molar refractivity (Wildman–Crippen MR) is 73.5 cm³/mol. The third-order valence-corrected chi connectivity index (χ3v) is 3.56. The summed E-state index contributed by atoms with van der Waals surface area (Å²) in [6, 6.07) is -3.24. The van der Waals surface area contributed by atoms with E-state index < -0.39 is 29.8 Å². The first kappa shape index (κ1) is 18.2. The highest BCUT2D eigenvalue weighted by Crippen LogP contribution is 2.33. The zero-order valence-corrected chi connectivity index (χ0v) is 12.7. The van der Waals surface area contributed by atoms with Crippen molar-refractivity contribution in [2.75, 3.05) is 0 Å². The normalized spacial score (nSPS) is 13.5. The molecule has 1 heterocycles. The molecule has 1 rings (SSSR count). The van der Waals surface area contributed by atoms with Crippen LogP contribution in [0, 0.1) is 0 Å². The van der Waals surface area contributed by atoms with E-state index in [-0.39, 0.29) is 17.8 Å². The Morgan fingerprint density at radius 1 is 1.41 bits per heavy atom. The molecule has 22 heavy (non-hydrogen) atoms. The highest BCUT2D eigenvalue weighted by molar-refractivity contribution is 7.09. The molecule has 0 aromatic carbocycles. The van der Waals surface area contributed by atoms with Crippen LogP contribution in [-0.4, -0.2) is 33.8 Å². The number of halogens is 3. The molecule has 1 aromatic rings. The molecule has 0 spiro atoms. The minimum Gasteiger partial charge on any atom is -0.481 e. The Morgan fingerprint density at radius 2 is 2.05 bits per heavy atom. The quantitative estimate of drug-likeness (QED) is 0.743. The van der Waals surface area contributed by atoms with Crippen LogP contribution >= 0.6 is 11.3 Å². The van der Waals surface area contributed by atoms with Crippen LogP contribution in [-0.2, 0) is 4.79 Å². The first-order valence-corrected chi connectivity index (χ1v) is 7.16. The highest BCUT2D eigenvalue weighted by Gasteiger charge is 2.44. The van der Waals surface area contributed by atoms with Crippen LogP contribution in [0.5, 0.6) is 0 Å². The van der Waals surface area contributed by atoms with E-state index >= 15 is 0 Å². The average Bonchev–Trinajstić information content (AvgIpc) is 2.85. The van der Waals surface area contributed by atoms with Gasteiger partial charge in [0.1, 0.15) is 5.01 Å². The van der Waals surface area contributed by atoms with Crippen molar-refractivity contribution < 1.29 is 27.9 Å². The molecule has 0 saturated heterocycles. The summed E-state index contributed by atoms with van der Waals surface area (Å²) in [7, 11) is 0. The molecule has 2 amide bonds. The molecule has 0 fully saturated rings. The van der Waals surface area contributed by atoms with Crippen molar-refractivity contribution in [3.8, 4) is 0 Å². The number of amides is 2. The molecule has 0 saturated carbocycles. The Bertz CT molecular complexity index is 517. The van der Waals surface area contributed by atoms with E-state index in [4.69, 9.17) is 5.11 Å². The lowest BCUT2D eigenvalue weighted by Gasteiger charge is -2.27. The molecule has 1 unspecified atom stereocenters. The van der Waals surface area contributed by atoms with Crippen molar-refractivity contribution in [1.29, 1.82) is 0 Å². The lowest BCUT2D eigenvalue weighted by atomic mass is 9.99. The van der Waals surface area contributed by atoms with Crippen molar-refractivity contribution in [2.45, 2.75) is 44.4 Å². The van der Waals surface area contributed by atoms with Crippen molar-refractivity contribution in [2.24, 2.45) is 0 Å². The van der Waals surface area contributed by atoms with Gasteiger partial charge in [-0.1, -0.05) is 0 Å². The summed E-state index contributed by atoms with van der Waals surface area (Å²) >= 11 is 0.781. The number of rotatable bonds is 6. The number of hydrogen-bond acceptors (Lipinski definition) is 4. The van der Waals surface area contributed by atoms with Gasteiger partial charge in [-0.15, -0.1) is 11.3 Å². The number of nitrogens with one attached hydrogen (secondary N) is 2. The smallest absolute Gasteiger partial charge is 0.415 e. The van der Waals surface area contributed by atoms with Gasteiger partial charge >= 0.3 is 18.2 Å². The Morgan fingerprint density at radius 3 is 2.50 bits per heavy atom. The molecule has 1 atom stereocenters. The Balaban J connectivity index is 2.70. The summed E-state index contributed by atoms with van der Waals surface area (Å²) in [6.45, 7) is 3.06. The van der Waals surface area contributed by atoms with Gasteiger partial charge in [0.25, 0.3) is 0 Å². The molecule has 10 heteroatoms. The largest absolute Gasteiger partial charge is 0.481 e. The van der Waals surface area contributed by atoms with Crippen LogP contribution in [0.3, 0.4) is 0 Å². The zero-order valence-electron chi connectivity index (χ0n) is 11.9. The van der Waals surface area contributed by atoms with E-state index in [1.165, 1.54) is 25.4 Å². The Kier molecular flexibility index (Phi) is 5.75. The van der Waals surface area contributed by atoms with Crippen LogP contribution in [0.25, 0.3) is 0 Å². The summed E-state index contributed by atoms with van der Waals surface area (Å²) in [5.74, 6) is -1.05. The summed E-state index contributed by atoms with van der Waals surface area (Å²) < 4.78 is 38.9. The molecule has 6 nitrogen and oxygen atoms in total. The Hall–Kier alpha value is -1.84. The van der Waals surface area contributed by atoms with Gasteiger partial charge in [-0.25, -0.2) is 9.78 Å². The first-order chi connectivity index (χ1) is 10.0. The van der Waals surface area contributed by atoms with Crippen LogP contribution in [0.4, 0.5) is 18.0 Å². The molecule has 0 aliphatic carbocycles. The summed E-state index contributed by atoms with van der Waals surface area (Å²) in [6.07, 6.45) is -3.58. The van der Waals surface area contributed by atoms with E-state index in [9.17, 15) is 22.8 Å². The van der Waals surface area contributed by atoms with E-state index in [1.807, 2.05) is 5.32 Å². The number of hydrogen-bond donors (Lipinski definition) is 3. The number of alkyl halides is 3. The number of urea groups is 1. The molecule has 3 N–H and O–H groups in total. The number of aliphatic carboxylic acids is 1. The number of aromatic nitrogens is 1. The van der Waals surface area contributed by atoms with Gasteiger partial charge in [0.05, 0.1) is 0 Å². The first-order valence-electron chi connectivity index (χ1n) is 6.28. The van der Waals surface area contributed by atoms with Crippen molar-refractivity contribution in [3.63, 3.8) is 0 Å². The van der Waals surface area contributed by atoms with Crippen LogP contribution in [0.2, 0.25) is 0 Å². The van der Waals surface area contributed by atoms with Crippen LogP contribution in [0.15, 0.2) is 11.6 Å². The monoisotopic (exact) mass is 339 g/mol. The molecule has 1 aromatic heterocycles. The molecular formula is C12H16F3N3O3S. The van der Waals surface area contributed by atoms with Gasteiger partial charge < -0.3 is 15.7 Å². The topological polar surface area (TPSA) is 91.3 Å². The summed E-state index contributed by atoms with van der Waals surface area (Å²) in [5.41, 5.74) is -0.957. The molecule has 0 aliphatic heterocycles.